The van der Waals surface area contributed by atoms with Crippen LogP contribution in [0, 0.1) is 5.92 Å². The Balaban J connectivity index is 1.84. The monoisotopic (exact) mass is 756 g/mol. The van der Waals surface area contributed by atoms with E-state index in [1.165, 1.54) is 16.7 Å². The molecule has 3 rings (SSSR count). The van der Waals surface area contributed by atoms with Crippen LogP contribution in [0.25, 0.3) is 10.1 Å². The zero-order valence-corrected chi connectivity index (χ0v) is 35.5. The maximum atomic E-state index is 11.5. The van der Waals surface area contributed by atoms with Crippen LogP contribution in [-0.4, -0.2) is 69.5 Å². The van der Waals surface area contributed by atoms with Crippen LogP contribution < -0.4 is 0 Å². The van der Waals surface area contributed by atoms with Gasteiger partial charge in [-0.05, 0) is 79.2 Å². The first-order valence-corrected chi connectivity index (χ1v) is 25.9. The zero-order chi connectivity index (χ0) is 35.2. The molecule has 1 aliphatic rings. The summed E-state index contributed by atoms with van der Waals surface area (Å²) in [6, 6.07) is 8.32. The van der Waals surface area contributed by atoms with Crippen LogP contribution in [0.4, 0.5) is 0 Å². The van der Waals surface area contributed by atoms with Crippen LogP contribution in [0.1, 0.15) is 59.3 Å². The number of thiophene rings is 1. The van der Waals surface area contributed by atoms with E-state index in [1.54, 1.807) is 23.1 Å². The third kappa shape index (κ3) is 11.1. The molecule has 0 spiro atoms. The molecule has 0 bridgehead atoms. The lowest BCUT2D eigenvalue weighted by atomic mass is 10.0. The highest BCUT2D eigenvalue weighted by Gasteiger charge is 2.44. The first kappa shape index (κ1) is 40.7. The van der Waals surface area contributed by atoms with Crippen molar-refractivity contribution in [2.75, 3.05) is 24.4 Å². The second kappa shape index (κ2) is 17.0. The Kier molecular flexibility index (Phi) is 14.7. The summed E-state index contributed by atoms with van der Waals surface area (Å²) in [6.45, 7) is 22.7. The van der Waals surface area contributed by atoms with Crippen LogP contribution in [0.5, 0.6) is 0 Å². The zero-order valence-electron chi connectivity index (χ0n) is 30.3. The van der Waals surface area contributed by atoms with Gasteiger partial charge in [0.05, 0.1) is 41.1 Å². The first-order valence-electron chi connectivity index (χ1n) is 16.6. The molecule has 1 aromatic heterocycles. The van der Waals surface area contributed by atoms with Crippen molar-refractivity contribution < 1.29 is 23.5 Å². The quantitative estimate of drug-likeness (QED) is 0.0792. The number of aliphatic hydroxyl groups is 1. The lowest BCUT2D eigenvalue weighted by Crippen LogP contribution is -2.43. The van der Waals surface area contributed by atoms with E-state index in [2.05, 4.69) is 98.1 Å². The van der Waals surface area contributed by atoms with E-state index < -0.39 is 22.7 Å². The molecule has 5 nitrogen and oxygen atoms in total. The summed E-state index contributed by atoms with van der Waals surface area (Å²) in [5, 5.41) is 13.5. The number of benzene rings is 1. The Hall–Kier alpha value is -0.726. The molecule has 0 amide bonds. The number of hydrogen-bond acceptors (Lipinski definition) is 8. The highest BCUT2D eigenvalue weighted by Crippen LogP contribution is 2.45. The number of thioether (sulfide) groups is 2. The van der Waals surface area contributed by atoms with E-state index in [1.807, 2.05) is 23.9 Å². The number of halogens is 1. The van der Waals surface area contributed by atoms with Crippen molar-refractivity contribution in [2.24, 2.45) is 5.92 Å². The third-order valence-corrected chi connectivity index (χ3v) is 22.9. The molecule has 0 saturated carbocycles. The Labute approximate surface area is 303 Å². The predicted octanol–water partition coefficient (Wildman–Crippen LogP) is 10.7. The Morgan fingerprint density at radius 1 is 1.06 bits per heavy atom. The van der Waals surface area contributed by atoms with Crippen LogP contribution in [0.3, 0.4) is 0 Å². The van der Waals surface area contributed by atoms with Crippen LogP contribution >= 0.6 is 46.5 Å². The predicted molar refractivity (Wildman–Crippen MR) is 212 cm³/mol. The number of rotatable bonds is 16. The van der Waals surface area contributed by atoms with E-state index >= 15 is 0 Å². The number of esters is 1. The summed E-state index contributed by atoms with van der Waals surface area (Å²) in [5.41, 5.74) is 0. The van der Waals surface area contributed by atoms with E-state index in [0.717, 1.165) is 46.9 Å². The number of carbonyl (C=O) groups is 1. The average molecular weight is 758 g/mol. The Bertz CT molecular complexity index is 1390. The van der Waals surface area contributed by atoms with Gasteiger partial charge < -0.3 is 18.7 Å². The second-order valence-corrected chi connectivity index (χ2v) is 28.8. The molecule has 1 aliphatic carbocycles. The van der Waals surface area contributed by atoms with Crippen molar-refractivity contribution in [3.05, 3.63) is 58.2 Å². The minimum absolute atomic E-state index is 0.00606. The lowest BCUT2D eigenvalue weighted by Gasteiger charge is -2.39. The van der Waals surface area contributed by atoms with Gasteiger partial charge in [-0.25, -0.2) is 0 Å². The van der Waals surface area contributed by atoms with Crippen molar-refractivity contribution in [2.45, 2.75) is 115 Å². The summed E-state index contributed by atoms with van der Waals surface area (Å²) in [5.74, 6) is 2.75. The fourth-order valence-corrected chi connectivity index (χ4v) is 11.1. The number of hydrogen-bond donors (Lipinski definition) is 1. The van der Waals surface area contributed by atoms with Crippen LogP contribution in [0.2, 0.25) is 41.3 Å². The number of carbonyl (C=O) groups excluding carboxylic acids is 1. The van der Waals surface area contributed by atoms with E-state index in [9.17, 15) is 9.90 Å². The fraction of sp³-hybridized carbons (Fsp3) is 0.639. The summed E-state index contributed by atoms with van der Waals surface area (Å²) >= 11 is 12.1. The number of fused-ring (bicyclic) bond motifs is 1. The van der Waals surface area contributed by atoms with Gasteiger partial charge in [0, 0.05) is 20.9 Å². The normalized spacial score (nSPS) is 20.2. The molecule has 0 saturated heterocycles. The highest BCUT2D eigenvalue weighted by atomic mass is 35.5. The molecule has 0 aliphatic heterocycles. The smallest absolute Gasteiger partial charge is 0.315 e. The Morgan fingerprint density at radius 2 is 1.72 bits per heavy atom. The van der Waals surface area contributed by atoms with Gasteiger partial charge in [-0.2, -0.15) is 11.8 Å². The lowest BCUT2D eigenvalue weighted by molar-refractivity contribution is -0.137. The summed E-state index contributed by atoms with van der Waals surface area (Å²) < 4.78 is 19.9. The van der Waals surface area contributed by atoms with Crippen molar-refractivity contribution in [3.63, 3.8) is 0 Å². The van der Waals surface area contributed by atoms with Crippen molar-refractivity contribution in [1.82, 2.24) is 0 Å². The molecule has 1 N–H and O–H groups in total. The molecule has 1 aromatic carbocycles. The molecule has 47 heavy (non-hydrogen) atoms. The summed E-state index contributed by atoms with van der Waals surface area (Å²) in [6.07, 6.45) is 8.20. The number of ether oxygens (including phenoxy) is 1. The molecule has 4 atom stereocenters. The van der Waals surface area contributed by atoms with Gasteiger partial charge in [0.1, 0.15) is 0 Å². The van der Waals surface area contributed by atoms with Gasteiger partial charge in [-0.3, -0.25) is 4.79 Å². The van der Waals surface area contributed by atoms with E-state index in [-0.39, 0.29) is 33.3 Å². The largest absolute Gasteiger partial charge is 0.546 e. The SMILES string of the molecule is COC(=O)CSCCCSC1C(O[Si](C)(C)C(C)(C)C)=C[C@@H](O)C1C=CC(CCc1sc2ccccc2c1Cl)O[Si](C)(C)C(C)(C)C. The molecule has 1 heterocycles. The standard InChI is InChI=1S/C36H57ClO5S3Si2/c1-35(2,3)46(8,9)41-25(18-20-31-33(37)27-15-12-13-16-30(27)45-31)17-19-26-28(38)23-29(42-47(10,11)36(4,5)6)34(26)44-22-14-21-43-24-32(39)40-7/h12-13,15-17,19,23,25-26,28,34,38H,14,18,20-22,24H2,1-11H3/t25?,26?,28-,34?/m1/s1. The number of aryl methyl sites for hydroxylation is 1. The molecule has 11 heteroatoms. The van der Waals surface area contributed by atoms with Crippen LogP contribution in [-0.2, 0) is 24.8 Å². The molecule has 0 radical (unpaired) electrons. The van der Waals surface area contributed by atoms with Gasteiger partial charge in [-0.15, -0.1) is 23.1 Å². The topological polar surface area (TPSA) is 65.0 Å². The van der Waals surface area contributed by atoms with Gasteiger partial charge in [-0.1, -0.05) is 83.5 Å². The molecule has 264 valence electrons. The molecular formula is C36H57ClO5S3Si2. The fourth-order valence-electron chi connectivity index (χ4n) is 4.78. The Morgan fingerprint density at radius 3 is 2.34 bits per heavy atom. The van der Waals surface area contributed by atoms with E-state index in [0.29, 0.717) is 5.75 Å². The van der Waals surface area contributed by atoms with Gasteiger partial charge in [0.2, 0.25) is 8.32 Å². The average Bonchev–Trinajstić information content (AvgIpc) is 3.44. The highest BCUT2D eigenvalue weighted by molar-refractivity contribution is 8.00. The molecular weight excluding hydrogens is 700 g/mol. The van der Waals surface area contributed by atoms with E-state index in [4.69, 9.17) is 25.2 Å². The van der Waals surface area contributed by atoms with Gasteiger partial charge in [0.25, 0.3) is 0 Å². The first-order chi connectivity index (χ1) is 21.8. The van der Waals surface area contributed by atoms with Crippen molar-refractivity contribution in [1.29, 1.82) is 0 Å². The van der Waals surface area contributed by atoms with Gasteiger partial charge >= 0.3 is 5.97 Å². The van der Waals surface area contributed by atoms with Crippen LogP contribution in [0.15, 0.2) is 48.3 Å². The molecule has 3 unspecified atom stereocenters. The summed E-state index contributed by atoms with van der Waals surface area (Å²) in [4.78, 5) is 12.7. The van der Waals surface area contributed by atoms with Crippen molar-refractivity contribution >= 4 is 79.2 Å². The summed E-state index contributed by atoms with van der Waals surface area (Å²) in [7, 11) is -2.78. The molecule has 2 aromatic rings. The van der Waals surface area contributed by atoms with Gasteiger partial charge in [0.15, 0.2) is 8.32 Å². The minimum atomic E-state index is -2.12. The third-order valence-electron chi connectivity index (χ3n) is 9.77. The van der Waals surface area contributed by atoms with Crippen molar-refractivity contribution in [3.8, 4) is 0 Å². The second-order valence-electron chi connectivity index (χ2n) is 15.4. The molecule has 0 fully saturated rings. The minimum Gasteiger partial charge on any atom is -0.546 e. The maximum Gasteiger partial charge on any atom is 0.315 e. The number of aliphatic hydroxyl groups excluding tert-OH is 1. The maximum absolute atomic E-state index is 11.5. The number of methoxy groups -OCH3 is 1.